The first-order valence-electron chi connectivity index (χ1n) is 16.1. The van der Waals surface area contributed by atoms with Gasteiger partial charge in [0, 0.05) is 17.7 Å². The Morgan fingerprint density at radius 2 is 1.72 bits per heavy atom. The Hall–Kier alpha value is -5.26. The monoisotopic (exact) mass is 765 g/mol. The van der Waals surface area contributed by atoms with Crippen LogP contribution < -0.4 is 10.6 Å². The third-order valence-electron chi connectivity index (χ3n) is 8.31. The molecule has 53 heavy (non-hydrogen) atoms. The molecule has 4 aromatic rings. The van der Waals surface area contributed by atoms with Crippen LogP contribution in [0.3, 0.4) is 0 Å². The van der Waals surface area contributed by atoms with Crippen molar-refractivity contribution in [1.82, 2.24) is 40.3 Å². The standard InChI is InChI=1S/C34H34ClF6N9O3/c1-32(2,3)12-13-43-30(42)49(29(51)20-6-4-19(5-7-20)27-44-15-22(36)16-45-27)25(17-53-31(52)48-33(10-11-33)34(39,40)41)21-8-9-23(35)24(14-21)50-28(26(37)38)46-18-47-50/h4-9,14-16,18,25-26H,10-13,17H2,1-3H3,(H2,42,43)(H,48,52)/t25-/m1/s1. The van der Waals surface area contributed by atoms with Gasteiger partial charge in [-0.05, 0) is 54.5 Å². The highest BCUT2D eigenvalue weighted by atomic mass is 35.5. The van der Waals surface area contributed by atoms with Crippen molar-refractivity contribution in [3.8, 4) is 17.1 Å². The van der Waals surface area contributed by atoms with E-state index in [1.165, 1.54) is 42.5 Å². The third kappa shape index (κ3) is 9.22. The minimum absolute atomic E-state index is 0.00661. The predicted octanol–water partition coefficient (Wildman–Crippen LogP) is 7.42. The smallest absolute Gasteiger partial charge is 0.411 e. The van der Waals surface area contributed by atoms with Crippen molar-refractivity contribution in [2.75, 3.05) is 13.2 Å². The van der Waals surface area contributed by atoms with Gasteiger partial charge in [0.2, 0.25) is 0 Å². The maximum absolute atomic E-state index is 14.4. The van der Waals surface area contributed by atoms with E-state index in [0.29, 0.717) is 12.0 Å². The lowest BCUT2D eigenvalue weighted by atomic mass is 9.92. The van der Waals surface area contributed by atoms with E-state index in [4.69, 9.17) is 21.7 Å². The lowest BCUT2D eigenvalue weighted by Gasteiger charge is -2.33. The van der Waals surface area contributed by atoms with E-state index in [-0.39, 0.29) is 52.5 Å². The van der Waals surface area contributed by atoms with Gasteiger partial charge in [-0.3, -0.25) is 15.1 Å². The van der Waals surface area contributed by atoms with Crippen molar-refractivity contribution in [3.63, 3.8) is 0 Å². The molecular weight excluding hydrogens is 732 g/mol. The normalized spacial score (nSPS) is 14.4. The molecule has 0 unspecified atom stereocenters. The lowest BCUT2D eigenvalue weighted by molar-refractivity contribution is -0.164. The first-order valence-corrected chi connectivity index (χ1v) is 16.5. The Kier molecular flexibility index (Phi) is 11.3. The Morgan fingerprint density at radius 3 is 2.30 bits per heavy atom. The van der Waals surface area contributed by atoms with Gasteiger partial charge in [0.15, 0.2) is 23.4 Å². The van der Waals surface area contributed by atoms with Crippen molar-refractivity contribution in [2.45, 2.75) is 64.2 Å². The summed E-state index contributed by atoms with van der Waals surface area (Å²) in [5.74, 6) is -2.54. The fourth-order valence-electron chi connectivity index (χ4n) is 5.20. The number of benzene rings is 2. The number of alkyl carbamates (subject to hydrolysis) is 1. The van der Waals surface area contributed by atoms with Crippen molar-refractivity contribution in [1.29, 1.82) is 5.41 Å². The zero-order valence-corrected chi connectivity index (χ0v) is 29.3. The van der Waals surface area contributed by atoms with E-state index in [1.54, 1.807) is 0 Å². The van der Waals surface area contributed by atoms with Gasteiger partial charge in [-0.25, -0.2) is 37.6 Å². The summed E-state index contributed by atoms with van der Waals surface area (Å²) < 4.78 is 88.1. The maximum atomic E-state index is 14.4. The number of hydrogen-bond acceptors (Lipinski definition) is 8. The van der Waals surface area contributed by atoms with Crippen LogP contribution in [0.2, 0.25) is 5.02 Å². The fourth-order valence-corrected chi connectivity index (χ4v) is 5.39. The SMILES string of the molecule is CC(C)(C)CCNC(=N)N(C(=O)c1ccc(-c2ncc(F)cn2)cc1)[C@H](COC(=O)NC1(C(F)(F)F)CC1)c1ccc(Cl)c(-n2ncnc2C(F)F)c1. The number of rotatable bonds is 11. The van der Waals surface area contributed by atoms with Crippen molar-refractivity contribution < 1.29 is 40.7 Å². The fraction of sp³-hybridized carbons (Fsp3) is 0.382. The van der Waals surface area contributed by atoms with Crippen LogP contribution >= 0.6 is 11.6 Å². The second-order valence-corrected chi connectivity index (χ2v) is 13.8. The molecule has 0 saturated heterocycles. The van der Waals surface area contributed by atoms with E-state index >= 15 is 0 Å². The molecule has 5 rings (SSSR count). The molecule has 0 radical (unpaired) electrons. The summed E-state index contributed by atoms with van der Waals surface area (Å²) in [4.78, 5) is 39.6. The summed E-state index contributed by atoms with van der Waals surface area (Å²) in [6.07, 6.45) is -6.59. The Morgan fingerprint density at radius 1 is 1.06 bits per heavy atom. The summed E-state index contributed by atoms with van der Waals surface area (Å²) in [6, 6.07) is 8.26. The van der Waals surface area contributed by atoms with E-state index in [9.17, 15) is 35.9 Å². The summed E-state index contributed by atoms with van der Waals surface area (Å²) in [7, 11) is 0. The second kappa shape index (κ2) is 15.4. The molecule has 1 atom stereocenters. The van der Waals surface area contributed by atoms with Gasteiger partial charge in [0.1, 0.15) is 18.5 Å². The number of aromatic nitrogens is 5. The number of carbonyl (C=O) groups is 2. The van der Waals surface area contributed by atoms with Crippen LogP contribution in [-0.2, 0) is 4.74 Å². The Balaban J connectivity index is 1.56. The van der Waals surface area contributed by atoms with Gasteiger partial charge in [0.25, 0.3) is 12.3 Å². The average molecular weight is 766 g/mol. The van der Waals surface area contributed by atoms with Gasteiger partial charge in [-0.2, -0.15) is 18.3 Å². The van der Waals surface area contributed by atoms with E-state index < -0.39 is 60.4 Å². The number of guanidine groups is 1. The minimum Gasteiger partial charge on any atom is -0.447 e. The van der Waals surface area contributed by atoms with Crippen LogP contribution in [0.1, 0.15) is 74.2 Å². The highest BCUT2D eigenvalue weighted by molar-refractivity contribution is 6.32. The lowest BCUT2D eigenvalue weighted by Crippen LogP contribution is -2.50. The molecule has 1 aliphatic carbocycles. The van der Waals surface area contributed by atoms with Crippen LogP contribution in [0.15, 0.2) is 61.2 Å². The number of nitrogens with zero attached hydrogens (tertiary/aromatic N) is 6. The van der Waals surface area contributed by atoms with Crippen LogP contribution in [0.4, 0.5) is 31.1 Å². The molecule has 2 amide bonds. The van der Waals surface area contributed by atoms with Crippen LogP contribution in [0.25, 0.3) is 17.1 Å². The number of halogens is 7. The first-order chi connectivity index (χ1) is 24.9. The molecule has 0 spiro atoms. The van der Waals surface area contributed by atoms with Gasteiger partial charge in [0.05, 0.1) is 29.1 Å². The molecule has 282 valence electrons. The molecule has 3 N–H and O–H groups in total. The molecule has 2 heterocycles. The van der Waals surface area contributed by atoms with Gasteiger partial charge in [-0.1, -0.05) is 50.6 Å². The summed E-state index contributed by atoms with van der Waals surface area (Å²) in [5, 5.41) is 17.6. The topological polar surface area (TPSA) is 151 Å². The molecule has 1 fully saturated rings. The summed E-state index contributed by atoms with van der Waals surface area (Å²) in [5.41, 5.74) is -2.25. The minimum atomic E-state index is -4.75. The molecule has 2 aromatic carbocycles. The maximum Gasteiger partial charge on any atom is 0.411 e. The molecule has 1 aliphatic rings. The van der Waals surface area contributed by atoms with Crippen LogP contribution in [0.5, 0.6) is 0 Å². The Bertz CT molecular complexity index is 1950. The number of amides is 2. The predicted molar refractivity (Wildman–Crippen MR) is 180 cm³/mol. The molecule has 0 aliphatic heterocycles. The molecular formula is C34H34ClF6N9O3. The molecule has 2 aromatic heterocycles. The van der Waals surface area contributed by atoms with Crippen LogP contribution in [-0.4, -0.2) is 72.5 Å². The molecule has 1 saturated carbocycles. The summed E-state index contributed by atoms with van der Waals surface area (Å²) in [6.45, 7) is 5.30. The van der Waals surface area contributed by atoms with Gasteiger partial charge < -0.3 is 15.4 Å². The van der Waals surface area contributed by atoms with E-state index in [0.717, 1.165) is 28.3 Å². The van der Waals surface area contributed by atoms with Crippen molar-refractivity contribution in [3.05, 3.63) is 89.0 Å². The quantitative estimate of drug-likeness (QED) is 0.0811. The molecule has 12 nitrogen and oxygen atoms in total. The number of ether oxygens (including phenoxy) is 1. The van der Waals surface area contributed by atoms with Crippen molar-refractivity contribution >= 4 is 29.6 Å². The molecule has 0 bridgehead atoms. The zero-order valence-electron chi connectivity index (χ0n) is 28.5. The molecule has 19 heteroatoms. The number of hydrogen-bond donors (Lipinski definition) is 3. The summed E-state index contributed by atoms with van der Waals surface area (Å²) >= 11 is 6.40. The van der Waals surface area contributed by atoms with E-state index in [1.807, 2.05) is 26.1 Å². The number of carbonyl (C=O) groups excluding carboxylic acids is 2. The zero-order chi connectivity index (χ0) is 38.7. The largest absolute Gasteiger partial charge is 0.447 e. The first kappa shape index (κ1) is 39.0. The second-order valence-electron chi connectivity index (χ2n) is 13.4. The third-order valence-corrected chi connectivity index (χ3v) is 8.63. The van der Waals surface area contributed by atoms with Crippen molar-refractivity contribution in [2.24, 2.45) is 5.41 Å². The average Bonchev–Trinajstić information content (AvgIpc) is 3.72. The highest BCUT2D eigenvalue weighted by Crippen LogP contribution is 2.49. The van der Waals surface area contributed by atoms with Crippen LogP contribution in [0, 0.1) is 16.6 Å². The van der Waals surface area contributed by atoms with Gasteiger partial charge >= 0.3 is 12.3 Å². The highest BCUT2D eigenvalue weighted by Gasteiger charge is 2.64. The number of nitrogens with one attached hydrogen (secondary N) is 3. The number of alkyl halides is 5. The van der Waals surface area contributed by atoms with E-state index in [2.05, 4.69) is 25.4 Å². The Labute approximate surface area is 304 Å². The van der Waals surface area contributed by atoms with Gasteiger partial charge in [-0.15, -0.1) is 0 Å².